The summed E-state index contributed by atoms with van der Waals surface area (Å²) in [4.78, 5) is 10.8. The van der Waals surface area contributed by atoms with Gasteiger partial charge in [-0.15, -0.1) is 0 Å². The van der Waals surface area contributed by atoms with Crippen LogP contribution >= 0.6 is 15.9 Å². The van der Waals surface area contributed by atoms with Gasteiger partial charge in [-0.3, -0.25) is 10.1 Å². The minimum absolute atomic E-state index is 0.0485. The van der Waals surface area contributed by atoms with Gasteiger partial charge < -0.3 is 10.1 Å². The number of rotatable bonds is 3. The highest BCUT2D eigenvalue weighted by Gasteiger charge is 2.23. The van der Waals surface area contributed by atoms with Gasteiger partial charge in [-0.25, -0.2) is 0 Å². The van der Waals surface area contributed by atoms with Crippen LogP contribution in [0.2, 0.25) is 0 Å². The Labute approximate surface area is 130 Å². The molecular weight excluding hydrogens is 336 g/mol. The summed E-state index contributed by atoms with van der Waals surface area (Å²) in [6.45, 7) is 1.07. The smallest absolute Gasteiger partial charge is 0.293 e. The van der Waals surface area contributed by atoms with E-state index < -0.39 is 0 Å². The molecule has 1 heterocycles. The minimum atomic E-state index is -0.386. The van der Waals surface area contributed by atoms with Gasteiger partial charge in [-0.1, -0.05) is 40.2 Å². The van der Waals surface area contributed by atoms with Crippen molar-refractivity contribution in [3.05, 3.63) is 68.2 Å². The zero-order chi connectivity index (χ0) is 14.8. The molecule has 0 amide bonds. The molecule has 1 atom stereocenters. The zero-order valence-corrected chi connectivity index (χ0v) is 12.7. The summed E-state index contributed by atoms with van der Waals surface area (Å²) in [6, 6.07) is 12.9. The third kappa shape index (κ3) is 2.91. The minimum Gasteiger partial charge on any atom is -0.374 e. The van der Waals surface area contributed by atoms with Crippen molar-refractivity contribution in [3.8, 4) is 0 Å². The molecule has 5 nitrogen and oxygen atoms in total. The molecule has 0 radical (unpaired) electrons. The second kappa shape index (κ2) is 5.83. The highest BCUT2D eigenvalue weighted by atomic mass is 79.9. The van der Waals surface area contributed by atoms with Crippen LogP contribution in [0.15, 0.2) is 46.9 Å². The van der Waals surface area contributed by atoms with Crippen LogP contribution < -0.4 is 5.32 Å². The maximum atomic E-state index is 11.2. The van der Waals surface area contributed by atoms with Crippen molar-refractivity contribution in [1.82, 2.24) is 0 Å². The molecule has 1 unspecified atom stereocenters. The van der Waals surface area contributed by atoms with E-state index in [1.54, 1.807) is 12.1 Å². The van der Waals surface area contributed by atoms with Crippen molar-refractivity contribution in [2.24, 2.45) is 0 Å². The molecule has 0 bridgehead atoms. The van der Waals surface area contributed by atoms with Crippen LogP contribution in [-0.4, -0.2) is 11.5 Å². The second-order valence-electron chi connectivity index (χ2n) is 4.83. The number of nitro benzene ring substituents is 1. The molecule has 2 aromatic carbocycles. The van der Waals surface area contributed by atoms with Crippen LogP contribution in [0.25, 0.3) is 0 Å². The Morgan fingerprint density at radius 2 is 2.10 bits per heavy atom. The van der Waals surface area contributed by atoms with Gasteiger partial charge >= 0.3 is 0 Å². The SMILES string of the molecule is O=[N+]([O-])c1cc(Br)ccc1NC1COCc2ccccc21. The third-order valence-corrected chi connectivity index (χ3v) is 3.95. The topological polar surface area (TPSA) is 64.4 Å². The fourth-order valence-corrected chi connectivity index (χ4v) is 2.82. The van der Waals surface area contributed by atoms with Gasteiger partial charge in [-0.05, 0) is 23.3 Å². The summed E-state index contributed by atoms with van der Waals surface area (Å²) >= 11 is 3.26. The van der Waals surface area contributed by atoms with Gasteiger partial charge in [0.15, 0.2) is 0 Å². The van der Waals surface area contributed by atoms with Crippen LogP contribution in [-0.2, 0) is 11.3 Å². The molecule has 0 spiro atoms. The normalized spacial score (nSPS) is 17.1. The Hall–Kier alpha value is -1.92. The first-order valence-electron chi connectivity index (χ1n) is 6.51. The predicted molar refractivity (Wildman–Crippen MR) is 83.3 cm³/mol. The zero-order valence-electron chi connectivity index (χ0n) is 11.1. The number of nitrogens with one attached hydrogen (secondary N) is 1. The first-order chi connectivity index (χ1) is 10.1. The molecule has 0 saturated heterocycles. The quantitative estimate of drug-likeness (QED) is 0.671. The number of anilines is 1. The molecule has 0 aliphatic carbocycles. The fraction of sp³-hybridized carbons (Fsp3) is 0.200. The van der Waals surface area contributed by atoms with Gasteiger partial charge in [0.25, 0.3) is 5.69 Å². The van der Waals surface area contributed by atoms with Gasteiger partial charge in [-0.2, -0.15) is 0 Å². The largest absolute Gasteiger partial charge is 0.374 e. The highest BCUT2D eigenvalue weighted by molar-refractivity contribution is 9.10. The van der Waals surface area contributed by atoms with Crippen LogP contribution in [0.4, 0.5) is 11.4 Å². The summed E-state index contributed by atoms with van der Waals surface area (Å²) in [5.74, 6) is 0. The monoisotopic (exact) mass is 348 g/mol. The summed E-state index contributed by atoms with van der Waals surface area (Å²) in [5, 5.41) is 14.4. The summed E-state index contributed by atoms with van der Waals surface area (Å²) in [7, 11) is 0. The van der Waals surface area contributed by atoms with Crippen molar-refractivity contribution in [3.63, 3.8) is 0 Å². The molecule has 0 fully saturated rings. The molecule has 21 heavy (non-hydrogen) atoms. The van der Waals surface area contributed by atoms with Crippen molar-refractivity contribution in [2.75, 3.05) is 11.9 Å². The van der Waals surface area contributed by atoms with Crippen LogP contribution in [0.1, 0.15) is 17.2 Å². The lowest BCUT2D eigenvalue weighted by molar-refractivity contribution is -0.384. The number of hydrogen-bond donors (Lipinski definition) is 1. The Morgan fingerprint density at radius 3 is 2.90 bits per heavy atom. The molecule has 1 aliphatic heterocycles. The van der Waals surface area contributed by atoms with E-state index in [-0.39, 0.29) is 16.7 Å². The molecule has 6 heteroatoms. The van der Waals surface area contributed by atoms with Crippen molar-refractivity contribution in [1.29, 1.82) is 0 Å². The number of fused-ring (bicyclic) bond motifs is 1. The van der Waals surface area contributed by atoms with Gasteiger partial charge in [0.05, 0.1) is 24.2 Å². The van der Waals surface area contributed by atoms with E-state index in [2.05, 4.69) is 21.2 Å². The third-order valence-electron chi connectivity index (χ3n) is 3.46. The van der Waals surface area contributed by atoms with Crippen LogP contribution in [0.3, 0.4) is 0 Å². The molecule has 0 aromatic heterocycles. The maximum Gasteiger partial charge on any atom is 0.293 e. The van der Waals surface area contributed by atoms with E-state index in [0.29, 0.717) is 23.4 Å². The van der Waals surface area contributed by atoms with Crippen LogP contribution in [0.5, 0.6) is 0 Å². The molecule has 0 saturated carbocycles. The van der Waals surface area contributed by atoms with Crippen molar-refractivity contribution >= 4 is 27.3 Å². The Bertz CT molecular complexity index is 690. The van der Waals surface area contributed by atoms with E-state index >= 15 is 0 Å². The summed E-state index contributed by atoms with van der Waals surface area (Å²) in [5.41, 5.74) is 2.78. The van der Waals surface area contributed by atoms with Gasteiger partial charge in [0.2, 0.25) is 0 Å². The van der Waals surface area contributed by atoms with E-state index in [1.807, 2.05) is 24.3 Å². The van der Waals surface area contributed by atoms with Crippen molar-refractivity contribution in [2.45, 2.75) is 12.6 Å². The number of benzene rings is 2. The fourth-order valence-electron chi connectivity index (χ4n) is 2.47. The maximum absolute atomic E-state index is 11.2. The van der Waals surface area contributed by atoms with E-state index in [1.165, 1.54) is 6.07 Å². The lowest BCUT2D eigenvalue weighted by Gasteiger charge is -2.27. The molecule has 108 valence electrons. The first-order valence-corrected chi connectivity index (χ1v) is 7.30. The highest BCUT2D eigenvalue weighted by Crippen LogP contribution is 2.33. The molecule has 3 rings (SSSR count). The predicted octanol–water partition coefficient (Wildman–Crippen LogP) is 4.04. The lowest BCUT2D eigenvalue weighted by atomic mass is 9.99. The average molecular weight is 349 g/mol. The van der Waals surface area contributed by atoms with Gasteiger partial charge in [0.1, 0.15) is 5.69 Å². The number of halogens is 1. The lowest BCUT2D eigenvalue weighted by Crippen LogP contribution is -2.23. The average Bonchev–Trinajstić information content (AvgIpc) is 2.49. The standard InChI is InChI=1S/C15H13BrN2O3/c16-11-5-6-13(15(7-11)18(19)20)17-14-9-21-8-10-3-1-2-4-12(10)14/h1-7,14,17H,8-9H2. The molecule has 2 aromatic rings. The summed E-state index contributed by atoms with van der Waals surface area (Å²) in [6.07, 6.45) is 0. The Kier molecular flexibility index (Phi) is 3.90. The second-order valence-corrected chi connectivity index (χ2v) is 5.75. The van der Waals surface area contributed by atoms with E-state index in [9.17, 15) is 10.1 Å². The summed E-state index contributed by atoms with van der Waals surface area (Å²) < 4.78 is 6.24. The van der Waals surface area contributed by atoms with Crippen LogP contribution in [0, 0.1) is 10.1 Å². The number of hydrogen-bond acceptors (Lipinski definition) is 4. The molecule has 1 aliphatic rings. The van der Waals surface area contributed by atoms with Gasteiger partial charge in [0, 0.05) is 10.5 Å². The Morgan fingerprint density at radius 1 is 1.29 bits per heavy atom. The van der Waals surface area contributed by atoms with E-state index in [0.717, 1.165) is 11.1 Å². The number of nitrogens with zero attached hydrogens (tertiary/aromatic N) is 1. The Balaban J connectivity index is 1.93. The number of nitro groups is 1. The molecular formula is C15H13BrN2O3. The van der Waals surface area contributed by atoms with E-state index in [4.69, 9.17) is 4.74 Å². The van der Waals surface area contributed by atoms with Crippen molar-refractivity contribution < 1.29 is 9.66 Å². The first kappa shape index (κ1) is 14.0. The number of ether oxygens (including phenoxy) is 1. The molecule has 1 N–H and O–H groups in total.